The van der Waals surface area contributed by atoms with Crippen LogP contribution in [0.3, 0.4) is 0 Å². The Kier molecular flexibility index (Phi) is 3.00. The van der Waals surface area contributed by atoms with E-state index in [0.717, 1.165) is 24.1 Å². The summed E-state index contributed by atoms with van der Waals surface area (Å²) in [7, 11) is 0. The van der Waals surface area contributed by atoms with Crippen LogP contribution in [0.5, 0.6) is 0 Å². The molecule has 1 aromatic rings. The van der Waals surface area contributed by atoms with Crippen LogP contribution in [0.1, 0.15) is 36.8 Å². The van der Waals surface area contributed by atoms with Gasteiger partial charge in [0.1, 0.15) is 5.78 Å². The molecule has 20 heavy (non-hydrogen) atoms. The van der Waals surface area contributed by atoms with E-state index in [9.17, 15) is 14.9 Å². The molecule has 0 spiro atoms. The lowest BCUT2D eigenvalue weighted by Crippen LogP contribution is -2.43. The number of hydrogen-bond acceptors (Lipinski definition) is 4. The second kappa shape index (κ2) is 4.58. The van der Waals surface area contributed by atoms with E-state index in [2.05, 4.69) is 4.90 Å². The number of aryl methyl sites for hydroxylation is 2. The van der Waals surface area contributed by atoms with Gasteiger partial charge in [0.2, 0.25) is 0 Å². The van der Waals surface area contributed by atoms with E-state index in [1.54, 1.807) is 13.0 Å². The molecule has 2 fully saturated rings. The standard InChI is InChI=1S/C15H18N2O3/c1-9-6-15(17(19)20)10(2)5-14(9)16-11-3-4-12(16)8-13(18)7-11/h5-6,11-12H,3-4,7-8H2,1-2H3. The molecule has 0 N–H and O–H groups in total. The van der Waals surface area contributed by atoms with Gasteiger partial charge in [-0.05, 0) is 38.3 Å². The molecule has 1 aromatic carbocycles. The van der Waals surface area contributed by atoms with Crippen molar-refractivity contribution >= 4 is 17.2 Å². The lowest BCUT2D eigenvalue weighted by molar-refractivity contribution is -0.385. The summed E-state index contributed by atoms with van der Waals surface area (Å²) in [6, 6.07) is 4.12. The van der Waals surface area contributed by atoms with E-state index in [4.69, 9.17) is 0 Å². The van der Waals surface area contributed by atoms with Crippen molar-refractivity contribution in [3.8, 4) is 0 Å². The molecule has 5 nitrogen and oxygen atoms in total. The number of nitro benzene ring substituents is 1. The second-order valence-electron chi connectivity index (χ2n) is 5.92. The van der Waals surface area contributed by atoms with Gasteiger partial charge in [-0.15, -0.1) is 0 Å². The smallest absolute Gasteiger partial charge is 0.272 e. The molecule has 0 amide bonds. The van der Waals surface area contributed by atoms with Crippen LogP contribution in [0, 0.1) is 24.0 Å². The number of rotatable bonds is 2. The van der Waals surface area contributed by atoms with Crippen LogP contribution in [0.25, 0.3) is 0 Å². The molecule has 0 aliphatic carbocycles. The van der Waals surface area contributed by atoms with Crippen LogP contribution in [0.15, 0.2) is 12.1 Å². The van der Waals surface area contributed by atoms with Crippen molar-refractivity contribution in [2.75, 3.05) is 4.90 Å². The molecule has 2 aliphatic rings. The number of anilines is 1. The molecular formula is C15H18N2O3. The third-order valence-corrected chi connectivity index (χ3v) is 4.54. The van der Waals surface area contributed by atoms with Gasteiger partial charge in [-0.1, -0.05) is 0 Å². The highest BCUT2D eigenvalue weighted by Gasteiger charge is 2.40. The van der Waals surface area contributed by atoms with Gasteiger partial charge in [0.15, 0.2) is 0 Å². The number of carbonyl (C=O) groups excluding carboxylic acids is 1. The third-order valence-electron chi connectivity index (χ3n) is 4.54. The zero-order valence-electron chi connectivity index (χ0n) is 11.8. The van der Waals surface area contributed by atoms with E-state index >= 15 is 0 Å². The summed E-state index contributed by atoms with van der Waals surface area (Å²) in [5.41, 5.74) is 2.85. The maximum atomic E-state index is 11.7. The predicted molar refractivity (Wildman–Crippen MR) is 76.1 cm³/mol. The van der Waals surface area contributed by atoms with Gasteiger partial charge >= 0.3 is 0 Å². The van der Waals surface area contributed by atoms with Crippen LogP contribution < -0.4 is 4.90 Å². The van der Waals surface area contributed by atoms with Crippen molar-refractivity contribution in [3.63, 3.8) is 0 Å². The van der Waals surface area contributed by atoms with Crippen molar-refractivity contribution in [1.82, 2.24) is 0 Å². The fraction of sp³-hybridized carbons (Fsp3) is 0.533. The summed E-state index contributed by atoms with van der Waals surface area (Å²) in [5, 5.41) is 11.0. The molecule has 106 valence electrons. The van der Waals surface area contributed by atoms with Gasteiger partial charge in [-0.3, -0.25) is 14.9 Å². The Labute approximate surface area is 117 Å². The van der Waals surface area contributed by atoms with E-state index in [1.165, 1.54) is 0 Å². The number of nitro groups is 1. The first-order chi connectivity index (χ1) is 9.47. The van der Waals surface area contributed by atoms with Crippen LogP contribution in [0.2, 0.25) is 0 Å². The van der Waals surface area contributed by atoms with Crippen LogP contribution in [-0.4, -0.2) is 22.8 Å². The maximum Gasteiger partial charge on any atom is 0.272 e. The molecule has 2 unspecified atom stereocenters. The molecule has 2 heterocycles. The van der Waals surface area contributed by atoms with Crippen LogP contribution in [-0.2, 0) is 4.79 Å². The molecule has 2 aliphatic heterocycles. The Morgan fingerprint density at radius 2 is 1.75 bits per heavy atom. The molecule has 0 aromatic heterocycles. The largest absolute Gasteiger partial charge is 0.364 e. The fourth-order valence-corrected chi connectivity index (χ4v) is 3.62. The van der Waals surface area contributed by atoms with Crippen molar-refractivity contribution in [2.24, 2.45) is 0 Å². The Morgan fingerprint density at radius 1 is 1.15 bits per heavy atom. The minimum absolute atomic E-state index is 0.173. The molecule has 2 atom stereocenters. The number of carbonyl (C=O) groups is 1. The average molecular weight is 274 g/mol. The number of fused-ring (bicyclic) bond motifs is 2. The average Bonchev–Trinajstić information content (AvgIpc) is 2.63. The zero-order valence-corrected chi connectivity index (χ0v) is 11.8. The van der Waals surface area contributed by atoms with Crippen molar-refractivity contribution in [1.29, 1.82) is 0 Å². The molecular weight excluding hydrogens is 256 g/mol. The summed E-state index contributed by atoms with van der Waals surface area (Å²) in [6.07, 6.45) is 3.33. The number of nitrogens with zero attached hydrogens (tertiary/aromatic N) is 2. The maximum absolute atomic E-state index is 11.7. The Hall–Kier alpha value is -1.91. The van der Waals surface area contributed by atoms with Gasteiger partial charge in [0.05, 0.1) is 4.92 Å². The Morgan fingerprint density at radius 3 is 2.30 bits per heavy atom. The SMILES string of the molecule is Cc1cc([N+](=O)[O-])c(C)cc1N1C2CCC1CC(=O)C2. The molecule has 2 saturated heterocycles. The lowest BCUT2D eigenvalue weighted by atomic mass is 9.98. The predicted octanol–water partition coefficient (Wildman–Crippen LogP) is 2.91. The highest BCUT2D eigenvalue weighted by atomic mass is 16.6. The third kappa shape index (κ3) is 1.97. The van der Waals surface area contributed by atoms with E-state index in [-0.39, 0.29) is 22.7 Å². The molecule has 2 bridgehead atoms. The minimum atomic E-state index is -0.333. The number of ketones is 1. The highest BCUT2D eigenvalue weighted by Crippen LogP contribution is 2.40. The van der Waals surface area contributed by atoms with Crippen LogP contribution >= 0.6 is 0 Å². The fourth-order valence-electron chi connectivity index (χ4n) is 3.62. The number of Topliss-reactive ketones (excluding diaryl/α,β-unsaturated/α-hetero) is 1. The topological polar surface area (TPSA) is 63.5 Å². The normalized spacial score (nSPS) is 25.1. The van der Waals surface area contributed by atoms with E-state index in [0.29, 0.717) is 24.2 Å². The Bertz CT molecular complexity index is 581. The first-order valence-electron chi connectivity index (χ1n) is 7.03. The summed E-state index contributed by atoms with van der Waals surface area (Å²) >= 11 is 0. The van der Waals surface area contributed by atoms with Gasteiger partial charge in [0.25, 0.3) is 5.69 Å². The monoisotopic (exact) mass is 274 g/mol. The first-order valence-corrected chi connectivity index (χ1v) is 7.03. The minimum Gasteiger partial charge on any atom is -0.364 e. The van der Waals surface area contributed by atoms with Crippen molar-refractivity contribution < 1.29 is 9.72 Å². The summed E-state index contributed by atoms with van der Waals surface area (Å²) in [5.74, 6) is 0.352. The van der Waals surface area contributed by atoms with Gasteiger partial charge in [-0.2, -0.15) is 0 Å². The van der Waals surface area contributed by atoms with E-state index < -0.39 is 0 Å². The van der Waals surface area contributed by atoms with Gasteiger partial charge in [0, 0.05) is 42.2 Å². The molecule has 0 saturated carbocycles. The Balaban J connectivity index is 2.01. The van der Waals surface area contributed by atoms with Gasteiger partial charge in [-0.25, -0.2) is 0 Å². The van der Waals surface area contributed by atoms with Crippen molar-refractivity contribution in [2.45, 2.75) is 51.6 Å². The number of benzene rings is 1. The molecule has 0 radical (unpaired) electrons. The van der Waals surface area contributed by atoms with Gasteiger partial charge < -0.3 is 4.90 Å². The second-order valence-corrected chi connectivity index (χ2v) is 5.92. The van der Waals surface area contributed by atoms with E-state index in [1.807, 2.05) is 13.0 Å². The molecule has 5 heteroatoms. The molecule has 3 rings (SSSR count). The quantitative estimate of drug-likeness (QED) is 0.614. The number of piperidine rings is 1. The number of hydrogen-bond donors (Lipinski definition) is 0. The zero-order chi connectivity index (χ0) is 14.4. The lowest BCUT2D eigenvalue weighted by Gasteiger charge is -2.37. The highest BCUT2D eigenvalue weighted by molar-refractivity contribution is 5.83. The van der Waals surface area contributed by atoms with Crippen molar-refractivity contribution in [3.05, 3.63) is 33.4 Å². The summed E-state index contributed by atoms with van der Waals surface area (Å²) < 4.78 is 0. The summed E-state index contributed by atoms with van der Waals surface area (Å²) in [6.45, 7) is 3.69. The van der Waals surface area contributed by atoms with Crippen LogP contribution in [0.4, 0.5) is 11.4 Å². The summed E-state index contributed by atoms with van der Waals surface area (Å²) in [4.78, 5) is 24.7. The first kappa shape index (κ1) is 13.1.